The normalized spacial score (nSPS) is 13.2. The fraction of sp³-hybridized carbons (Fsp3) is 1.00. The molecule has 0 amide bonds. The van der Waals surface area contributed by atoms with Crippen LogP contribution in [0.15, 0.2) is 0 Å². The zero-order valence-corrected chi connectivity index (χ0v) is 11.5. The fourth-order valence-electron chi connectivity index (χ4n) is 1.61. The van der Waals surface area contributed by atoms with Crippen LogP contribution in [0.3, 0.4) is 0 Å². The lowest BCUT2D eigenvalue weighted by molar-refractivity contribution is 0.0472. The quantitative estimate of drug-likeness (QED) is 0.539. The zero-order valence-electron chi connectivity index (χ0n) is 11.5. The number of hydrogen-bond acceptors (Lipinski definition) is 5. The maximum Gasteiger partial charge on any atom is 0.0709 e. The number of nitrogens with two attached hydrogens (primary N) is 1. The highest BCUT2D eigenvalue weighted by atomic mass is 16.5. The number of ether oxygens (including phenoxy) is 3. The summed E-state index contributed by atoms with van der Waals surface area (Å²) in [5, 5.41) is 0. The average Bonchev–Trinajstić information content (AvgIpc) is 2.36. The molecule has 104 valence electrons. The lowest BCUT2D eigenvalue weighted by Gasteiger charge is -2.24. The van der Waals surface area contributed by atoms with Gasteiger partial charge in [-0.3, -0.25) is 4.90 Å². The van der Waals surface area contributed by atoms with Gasteiger partial charge in [-0.1, -0.05) is 0 Å². The van der Waals surface area contributed by atoms with Gasteiger partial charge in [0.2, 0.25) is 0 Å². The molecule has 0 saturated heterocycles. The number of hydrogen-bond donors (Lipinski definition) is 1. The van der Waals surface area contributed by atoms with Crippen molar-refractivity contribution in [3.8, 4) is 0 Å². The van der Waals surface area contributed by atoms with E-state index >= 15 is 0 Å². The molecule has 0 spiro atoms. The predicted molar refractivity (Wildman–Crippen MR) is 69.3 cm³/mol. The first-order valence-electron chi connectivity index (χ1n) is 6.30. The van der Waals surface area contributed by atoms with E-state index in [1.165, 1.54) is 0 Å². The molecule has 0 radical (unpaired) electrons. The third kappa shape index (κ3) is 9.50. The van der Waals surface area contributed by atoms with Crippen molar-refractivity contribution in [2.24, 2.45) is 5.73 Å². The van der Waals surface area contributed by atoms with E-state index in [1.54, 1.807) is 14.2 Å². The Morgan fingerprint density at radius 2 is 1.65 bits per heavy atom. The second-order valence-corrected chi connectivity index (χ2v) is 3.93. The summed E-state index contributed by atoms with van der Waals surface area (Å²) in [4.78, 5) is 2.31. The van der Waals surface area contributed by atoms with Gasteiger partial charge in [0.05, 0.1) is 19.3 Å². The van der Waals surface area contributed by atoms with Gasteiger partial charge in [0.1, 0.15) is 0 Å². The summed E-state index contributed by atoms with van der Waals surface area (Å²) in [5.74, 6) is 0. The van der Waals surface area contributed by atoms with Gasteiger partial charge >= 0.3 is 0 Å². The summed E-state index contributed by atoms with van der Waals surface area (Å²) in [6, 6.07) is 0. The number of nitrogens with zero attached hydrogens (tertiary/aromatic N) is 1. The van der Waals surface area contributed by atoms with Crippen LogP contribution < -0.4 is 5.73 Å². The lowest BCUT2D eigenvalue weighted by atomic mass is 10.2. The highest BCUT2D eigenvalue weighted by Gasteiger charge is 2.10. The Bertz CT molecular complexity index is 151. The summed E-state index contributed by atoms with van der Waals surface area (Å²) in [5.41, 5.74) is 5.65. The molecule has 17 heavy (non-hydrogen) atoms. The van der Waals surface area contributed by atoms with E-state index in [9.17, 15) is 0 Å². The average molecular weight is 248 g/mol. The van der Waals surface area contributed by atoms with Gasteiger partial charge in [-0.2, -0.15) is 0 Å². The van der Waals surface area contributed by atoms with Crippen molar-refractivity contribution < 1.29 is 14.2 Å². The van der Waals surface area contributed by atoms with E-state index in [-0.39, 0.29) is 6.10 Å². The summed E-state index contributed by atoms with van der Waals surface area (Å²) >= 11 is 0. The summed E-state index contributed by atoms with van der Waals surface area (Å²) < 4.78 is 15.7. The van der Waals surface area contributed by atoms with Crippen LogP contribution in [0.25, 0.3) is 0 Å². The molecule has 5 nitrogen and oxygen atoms in total. The van der Waals surface area contributed by atoms with Crippen molar-refractivity contribution in [2.45, 2.75) is 19.4 Å². The van der Waals surface area contributed by atoms with E-state index in [0.29, 0.717) is 6.54 Å². The van der Waals surface area contributed by atoms with Gasteiger partial charge in [-0.05, 0) is 13.3 Å². The molecule has 1 atom stereocenters. The topological polar surface area (TPSA) is 57.0 Å². The first-order chi connectivity index (χ1) is 8.28. The molecule has 0 heterocycles. The van der Waals surface area contributed by atoms with Crippen LogP contribution in [0, 0.1) is 0 Å². The maximum absolute atomic E-state index is 5.65. The Kier molecular flexibility index (Phi) is 12.1. The molecule has 0 aliphatic carbocycles. The minimum Gasteiger partial charge on any atom is -0.383 e. The van der Waals surface area contributed by atoms with Crippen molar-refractivity contribution in [2.75, 3.05) is 60.2 Å². The highest BCUT2D eigenvalue weighted by Crippen LogP contribution is 2.00. The summed E-state index contributed by atoms with van der Waals surface area (Å²) in [6.07, 6.45) is 1.12. The van der Waals surface area contributed by atoms with E-state index in [2.05, 4.69) is 4.90 Å². The van der Waals surface area contributed by atoms with Crippen molar-refractivity contribution in [1.82, 2.24) is 4.90 Å². The van der Waals surface area contributed by atoms with Crippen LogP contribution in [0.4, 0.5) is 0 Å². The third-order valence-electron chi connectivity index (χ3n) is 2.66. The Morgan fingerprint density at radius 3 is 2.06 bits per heavy atom. The van der Waals surface area contributed by atoms with Gasteiger partial charge in [-0.25, -0.2) is 0 Å². The molecule has 0 saturated carbocycles. The fourth-order valence-corrected chi connectivity index (χ4v) is 1.61. The second-order valence-electron chi connectivity index (χ2n) is 3.93. The molecule has 0 bridgehead atoms. The Hall–Kier alpha value is -0.200. The summed E-state index contributed by atoms with van der Waals surface area (Å²) in [6.45, 7) is 7.59. The smallest absolute Gasteiger partial charge is 0.0709 e. The van der Waals surface area contributed by atoms with Crippen molar-refractivity contribution in [3.05, 3.63) is 0 Å². The molecule has 0 fully saturated rings. The minimum absolute atomic E-state index is 0.160. The monoisotopic (exact) mass is 248 g/mol. The predicted octanol–water partition coefficient (Wildman–Crippen LogP) is 0.335. The Balaban J connectivity index is 3.85. The molecule has 0 aromatic carbocycles. The van der Waals surface area contributed by atoms with Crippen LogP contribution >= 0.6 is 0 Å². The molecule has 1 unspecified atom stereocenters. The van der Waals surface area contributed by atoms with Crippen LogP contribution in [-0.4, -0.2) is 71.2 Å². The van der Waals surface area contributed by atoms with Gasteiger partial charge < -0.3 is 19.9 Å². The summed E-state index contributed by atoms with van der Waals surface area (Å²) in [7, 11) is 3.44. The molecular weight excluding hydrogens is 220 g/mol. The van der Waals surface area contributed by atoms with Crippen LogP contribution in [0.2, 0.25) is 0 Å². The largest absolute Gasteiger partial charge is 0.383 e. The molecule has 0 rings (SSSR count). The highest BCUT2D eigenvalue weighted by molar-refractivity contribution is 4.64. The molecule has 0 aromatic heterocycles. The van der Waals surface area contributed by atoms with Crippen molar-refractivity contribution >= 4 is 0 Å². The van der Waals surface area contributed by atoms with Gasteiger partial charge in [-0.15, -0.1) is 0 Å². The first kappa shape index (κ1) is 16.8. The standard InChI is InChI=1S/C12H28N2O3/c1-4-17-12(11-13)5-6-14(7-9-15-2)8-10-16-3/h12H,4-11,13H2,1-3H3. The van der Waals surface area contributed by atoms with Crippen molar-refractivity contribution in [3.63, 3.8) is 0 Å². The minimum atomic E-state index is 0.160. The Morgan fingerprint density at radius 1 is 1.06 bits per heavy atom. The van der Waals surface area contributed by atoms with Gasteiger partial charge in [0.15, 0.2) is 0 Å². The SMILES string of the molecule is CCOC(CN)CCN(CCOC)CCOC. The lowest BCUT2D eigenvalue weighted by Crippen LogP contribution is -2.35. The van der Waals surface area contributed by atoms with Crippen LogP contribution in [0.5, 0.6) is 0 Å². The van der Waals surface area contributed by atoms with Gasteiger partial charge in [0.25, 0.3) is 0 Å². The van der Waals surface area contributed by atoms with Gasteiger partial charge in [0, 0.05) is 47.0 Å². The molecule has 0 aromatic rings. The molecule has 2 N–H and O–H groups in total. The third-order valence-corrected chi connectivity index (χ3v) is 2.66. The maximum atomic E-state index is 5.65. The molecule has 5 heteroatoms. The van der Waals surface area contributed by atoms with E-state index in [4.69, 9.17) is 19.9 Å². The molecule has 0 aliphatic heterocycles. The van der Waals surface area contributed by atoms with E-state index < -0.39 is 0 Å². The number of rotatable bonds is 12. The van der Waals surface area contributed by atoms with Crippen molar-refractivity contribution in [1.29, 1.82) is 0 Å². The van der Waals surface area contributed by atoms with Crippen LogP contribution in [-0.2, 0) is 14.2 Å². The molecule has 0 aliphatic rings. The first-order valence-corrected chi connectivity index (χ1v) is 6.30. The zero-order chi connectivity index (χ0) is 12.9. The van der Waals surface area contributed by atoms with E-state index in [1.807, 2.05) is 6.92 Å². The number of methoxy groups -OCH3 is 2. The Labute approximate surface area is 105 Å². The molecular formula is C12H28N2O3. The second kappa shape index (κ2) is 12.3. The van der Waals surface area contributed by atoms with E-state index in [0.717, 1.165) is 45.9 Å². The van der Waals surface area contributed by atoms with Crippen LogP contribution in [0.1, 0.15) is 13.3 Å².